The number of halogens is 2. The molecule has 0 saturated carbocycles. The molecule has 1 aromatic heterocycles. The van der Waals surface area contributed by atoms with E-state index in [0.29, 0.717) is 0 Å². The summed E-state index contributed by atoms with van der Waals surface area (Å²) in [6.45, 7) is -0.647. The van der Waals surface area contributed by atoms with E-state index in [2.05, 4.69) is 4.98 Å². The predicted octanol–water partition coefficient (Wildman–Crippen LogP) is 1.39. The van der Waals surface area contributed by atoms with Gasteiger partial charge in [-0.05, 0) is 0 Å². The second-order valence-corrected chi connectivity index (χ2v) is 2.64. The van der Waals surface area contributed by atoms with E-state index in [1.165, 1.54) is 7.11 Å². The maximum Gasteiger partial charge on any atom is 0.265 e. The SMILES string of the molecule is COc1ncc(C#N)c(C(F)F)c1CO. The van der Waals surface area contributed by atoms with Crippen LogP contribution < -0.4 is 4.74 Å². The number of pyridine rings is 1. The maximum absolute atomic E-state index is 12.6. The summed E-state index contributed by atoms with van der Waals surface area (Å²) in [4.78, 5) is 3.64. The summed E-state index contributed by atoms with van der Waals surface area (Å²) < 4.78 is 30.0. The largest absolute Gasteiger partial charge is 0.481 e. The van der Waals surface area contributed by atoms with Gasteiger partial charge in [-0.2, -0.15) is 5.26 Å². The van der Waals surface area contributed by atoms with E-state index in [1.807, 2.05) is 0 Å². The van der Waals surface area contributed by atoms with E-state index in [-0.39, 0.29) is 17.0 Å². The number of nitriles is 1. The summed E-state index contributed by atoms with van der Waals surface area (Å²) in [7, 11) is 1.25. The summed E-state index contributed by atoms with van der Waals surface area (Å²) in [5.41, 5.74) is -0.923. The van der Waals surface area contributed by atoms with Crippen LogP contribution in [0.15, 0.2) is 6.20 Å². The van der Waals surface area contributed by atoms with Crippen molar-refractivity contribution >= 4 is 0 Å². The van der Waals surface area contributed by atoms with Crippen LogP contribution in [0.2, 0.25) is 0 Å². The van der Waals surface area contributed by atoms with Crippen LogP contribution in [0.3, 0.4) is 0 Å². The zero-order valence-electron chi connectivity index (χ0n) is 7.87. The number of methoxy groups -OCH3 is 1. The Morgan fingerprint density at radius 3 is 2.73 bits per heavy atom. The Hall–Kier alpha value is -1.74. The van der Waals surface area contributed by atoms with Crippen molar-refractivity contribution in [1.29, 1.82) is 5.26 Å². The van der Waals surface area contributed by atoms with Gasteiger partial charge < -0.3 is 9.84 Å². The lowest BCUT2D eigenvalue weighted by atomic mass is 10.1. The van der Waals surface area contributed by atoms with Gasteiger partial charge in [0, 0.05) is 17.3 Å². The molecule has 1 heterocycles. The number of ether oxygens (including phenoxy) is 1. The van der Waals surface area contributed by atoms with Crippen LogP contribution in [0.5, 0.6) is 5.88 Å². The highest BCUT2D eigenvalue weighted by atomic mass is 19.3. The second kappa shape index (κ2) is 4.66. The topological polar surface area (TPSA) is 66.1 Å². The molecule has 4 nitrogen and oxygen atoms in total. The van der Waals surface area contributed by atoms with Gasteiger partial charge in [0.15, 0.2) is 0 Å². The minimum atomic E-state index is -2.85. The number of aromatic nitrogens is 1. The number of hydrogen-bond donors (Lipinski definition) is 1. The molecule has 0 radical (unpaired) electrons. The monoisotopic (exact) mass is 214 g/mol. The molecule has 0 aromatic carbocycles. The van der Waals surface area contributed by atoms with E-state index in [1.54, 1.807) is 6.07 Å². The van der Waals surface area contributed by atoms with E-state index in [4.69, 9.17) is 15.1 Å². The first-order valence-electron chi connectivity index (χ1n) is 4.00. The fourth-order valence-corrected chi connectivity index (χ4v) is 1.22. The molecular weight excluding hydrogens is 206 g/mol. The average Bonchev–Trinajstić information content (AvgIpc) is 2.26. The Bertz CT molecular complexity index is 402. The molecule has 6 heteroatoms. The molecule has 0 saturated heterocycles. The van der Waals surface area contributed by atoms with Crippen molar-refractivity contribution < 1.29 is 18.6 Å². The quantitative estimate of drug-likeness (QED) is 0.825. The number of aliphatic hydroxyl groups is 1. The summed E-state index contributed by atoms with van der Waals surface area (Å²) in [5.74, 6) is -0.0909. The standard InChI is InChI=1S/C9H8F2N2O2/c1-15-9-6(4-14)7(8(10)11)5(2-12)3-13-9/h3,8,14H,4H2,1H3. The van der Waals surface area contributed by atoms with Gasteiger partial charge in [-0.25, -0.2) is 13.8 Å². The second-order valence-electron chi connectivity index (χ2n) is 2.64. The number of nitrogens with zero attached hydrogens (tertiary/aromatic N) is 2. The Morgan fingerprint density at radius 2 is 2.33 bits per heavy atom. The lowest BCUT2D eigenvalue weighted by Crippen LogP contribution is -2.04. The minimum Gasteiger partial charge on any atom is -0.481 e. The van der Waals surface area contributed by atoms with Crippen molar-refractivity contribution in [3.8, 4) is 11.9 Å². The molecule has 80 valence electrons. The normalized spacial score (nSPS) is 10.1. The lowest BCUT2D eigenvalue weighted by molar-refractivity contribution is 0.145. The molecule has 15 heavy (non-hydrogen) atoms. The third kappa shape index (κ3) is 2.02. The van der Waals surface area contributed by atoms with Crippen molar-refractivity contribution in [3.05, 3.63) is 22.9 Å². The summed E-state index contributed by atoms with van der Waals surface area (Å²) in [6, 6.07) is 1.59. The summed E-state index contributed by atoms with van der Waals surface area (Å²) in [5, 5.41) is 17.5. The third-order valence-electron chi connectivity index (χ3n) is 1.87. The third-order valence-corrected chi connectivity index (χ3v) is 1.87. The van der Waals surface area contributed by atoms with Crippen LogP contribution in [0, 0.1) is 11.3 Å². The van der Waals surface area contributed by atoms with Gasteiger partial charge in [-0.1, -0.05) is 0 Å². The Labute approximate surface area is 84.7 Å². The Kier molecular flexibility index (Phi) is 3.52. The molecule has 0 atom stereocenters. The van der Waals surface area contributed by atoms with Crippen LogP contribution in [0.25, 0.3) is 0 Å². The lowest BCUT2D eigenvalue weighted by Gasteiger charge is -2.11. The molecule has 1 rings (SSSR count). The van der Waals surface area contributed by atoms with Gasteiger partial charge in [0.05, 0.1) is 19.3 Å². The minimum absolute atomic E-state index is 0.0909. The first-order valence-corrected chi connectivity index (χ1v) is 4.00. The van der Waals surface area contributed by atoms with Crippen molar-refractivity contribution in [1.82, 2.24) is 4.98 Å². The van der Waals surface area contributed by atoms with Crippen LogP contribution in [-0.4, -0.2) is 17.2 Å². The van der Waals surface area contributed by atoms with E-state index < -0.39 is 18.6 Å². The maximum atomic E-state index is 12.6. The molecule has 1 aromatic rings. The molecule has 0 fully saturated rings. The molecule has 0 spiro atoms. The summed E-state index contributed by atoms with van der Waals surface area (Å²) >= 11 is 0. The fourth-order valence-electron chi connectivity index (χ4n) is 1.22. The molecule has 0 bridgehead atoms. The number of alkyl halides is 2. The first kappa shape index (κ1) is 11.3. The smallest absolute Gasteiger partial charge is 0.265 e. The highest BCUT2D eigenvalue weighted by Gasteiger charge is 2.21. The van der Waals surface area contributed by atoms with E-state index in [0.717, 1.165) is 6.20 Å². The number of aliphatic hydroxyl groups excluding tert-OH is 1. The van der Waals surface area contributed by atoms with Crippen molar-refractivity contribution in [3.63, 3.8) is 0 Å². The van der Waals surface area contributed by atoms with Crippen LogP contribution in [-0.2, 0) is 6.61 Å². The van der Waals surface area contributed by atoms with Crippen molar-refractivity contribution in [2.75, 3.05) is 7.11 Å². The van der Waals surface area contributed by atoms with E-state index >= 15 is 0 Å². The van der Waals surface area contributed by atoms with Crippen LogP contribution >= 0.6 is 0 Å². The van der Waals surface area contributed by atoms with E-state index in [9.17, 15) is 8.78 Å². The predicted molar refractivity (Wildman–Crippen MR) is 46.4 cm³/mol. The van der Waals surface area contributed by atoms with Crippen LogP contribution in [0.4, 0.5) is 8.78 Å². The van der Waals surface area contributed by atoms with Gasteiger partial charge in [0.1, 0.15) is 6.07 Å². The summed E-state index contributed by atoms with van der Waals surface area (Å²) in [6.07, 6.45) is -1.85. The van der Waals surface area contributed by atoms with Gasteiger partial charge >= 0.3 is 0 Å². The average molecular weight is 214 g/mol. The van der Waals surface area contributed by atoms with Gasteiger partial charge in [0.2, 0.25) is 5.88 Å². The van der Waals surface area contributed by atoms with Gasteiger partial charge in [0.25, 0.3) is 6.43 Å². The zero-order chi connectivity index (χ0) is 11.4. The Balaban J connectivity index is 3.46. The van der Waals surface area contributed by atoms with Crippen LogP contribution in [0.1, 0.15) is 23.1 Å². The highest BCUT2D eigenvalue weighted by molar-refractivity contribution is 5.46. The molecule has 1 N–H and O–H groups in total. The van der Waals surface area contributed by atoms with Gasteiger partial charge in [-0.3, -0.25) is 0 Å². The Morgan fingerprint density at radius 1 is 1.67 bits per heavy atom. The molecule has 0 unspecified atom stereocenters. The first-order chi connectivity index (χ1) is 7.15. The molecular formula is C9H8F2N2O2. The van der Waals surface area contributed by atoms with Gasteiger partial charge in [-0.15, -0.1) is 0 Å². The van der Waals surface area contributed by atoms with Crippen molar-refractivity contribution in [2.24, 2.45) is 0 Å². The highest BCUT2D eigenvalue weighted by Crippen LogP contribution is 2.30. The molecule has 0 aliphatic heterocycles. The van der Waals surface area contributed by atoms with Crippen molar-refractivity contribution in [2.45, 2.75) is 13.0 Å². The molecule has 0 aliphatic carbocycles. The number of hydrogen-bond acceptors (Lipinski definition) is 4. The molecule has 0 aliphatic rings. The molecule has 0 amide bonds. The number of rotatable bonds is 3. The zero-order valence-corrected chi connectivity index (χ0v) is 7.87. The fraction of sp³-hybridized carbons (Fsp3) is 0.333.